The van der Waals surface area contributed by atoms with Crippen LogP contribution in [0.4, 0.5) is 5.13 Å². The highest BCUT2D eigenvalue weighted by atomic mass is 79.9. The lowest BCUT2D eigenvalue weighted by atomic mass is 10.1. The summed E-state index contributed by atoms with van der Waals surface area (Å²) in [6.45, 7) is 8.16. The molecule has 1 aromatic carbocycles. The monoisotopic (exact) mass is 340 g/mol. The molecule has 0 aliphatic carbocycles. The van der Waals surface area contributed by atoms with Crippen molar-refractivity contribution in [2.75, 3.05) is 5.32 Å². The largest absolute Gasteiger partial charge is 0.301 e. The van der Waals surface area contributed by atoms with Gasteiger partial charge in [0, 0.05) is 0 Å². The molecule has 1 aromatic heterocycles. The van der Waals surface area contributed by atoms with Crippen molar-refractivity contribution >= 4 is 48.5 Å². The molecule has 5 heteroatoms. The molecule has 19 heavy (non-hydrogen) atoms. The number of carbonyl (C=O) groups is 1. The Morgan fingerprint density at radius 3 is 2.58 bits per heavy atom. The van der Waals surface area contributed by atoms with Gasteiger partial charge >= 0.3 is 0 Å². The van der Waals surface area contributed by atoms with Crippen LogP contribution < -0.4 is 5.32 Å². The van der Waals surface area contributed by atoms with Gasteiger partial charge in [-0.25, -0.2) is 4.98 Å². The molecule has 2 aromatic rings. The summed E-state index contributed by atoms with van der Waals surface area (Å²) < 4.78 is 1.11. The number of aromatic nitrogens is 1. The lowest BCUT2D eigenvalue weighted by molar-refractivity contribution is -0.116. The van der Waals surface area contributed by atoms with Gasteiger partial charge in [0.25, 0.3) is 0 Å². The number of hydrogen-bond donors (Lipinski definition) is 1. The van der Waals surface area contributed by atoms with E-state index in [-0.39, 0.29) is 16.7 Å². The molecular weight excluding hydrogens is 324 g/mol. The van der Waals surface area contributed by atoms with Crippen LogP contribution in [0, 0.1) is 19.8 Å². The first-order valence-corrected chi connectivity index (χ1v) is 7.94. The summed E-state index contributed by atoms with van der Waals surface area (Å²) in [6, 6.07) is 4.18. The fraction of sp³-hybridized carbons (Fsp3) is 0.429. The van der Waals surface area contributed by atoms with Crippen LogP contribution in [0.3, 0.4) is 0 Å². The van der Waals surface area contributed by atoms with E-state index in [0.29, 0.717) is 5.13 Å². The van der Waals surface area contributed by atoms with Crippen LogP contribution in [-0.2, 0) is 4.79 Å². The van der Waals surface area contributed by atoms with Gasteiger partial charge in [0.05, 0.1) is 15.0 Å². The zero-order chi connectivity index (χ0) is 14.2. The van der Waals surface area contributed by atoms with Crippen molar-refractivity contribution in [3.8, 4) is 0 Å². The van der Waals surface area contributed by atoms with Crippen molar-refractivity contribution in [3.63, 3.8) is 0 Å². The summed E-state index contributed by atoms with van der Waals surface area (Å²) in [5.74, 6) is 0.210. The van der Waals surface area contributed by atoms with E-state index in [4.69, 9.17) is 0 Å². The highest BCUT2D eigenvalue weighted by Crippen LogP contribution is 2.28. The summed E-state index contributed by atoms with van der Waals surface area (Å²) >= 11 is 4.91. The Hall–Kier alpha value is -0.940. The zero-order valence-electron chi connectivity index (χ0n) is 11.5. The Labute approximate surface area is 125 Å². The smallest absolute Gasteiger partial charge is 0.240 e. The second-order valence-corrected chi connectivity index (χ2v) is 7.08. The van der Waals surface area contributed by atoms with Crippen LogP contribution in [0.2, 0.25) is 0 Å². The lowest BCUT2D eigenvalue weighted by Gasteiger charge is -2.11. The van der Waals surface area contributed by atoms with Crippen LogP contribution in [-0.4, -0.2) is 15.7 Å². The third kappa shape index (κ3) is 3.15. The van der Waals surface area contributed by atoms with Crippen LogP contribution in [0.1, 0.15) is 25.0 Å². The number of halogens is 1. The quantitative estimate of drug-likeness (QED) is 0.847. The molecule has 102 valence electrons. The summed E-state index contributed by atoms with van der Waals surface area (Å²) in [5, 5.41) is 3.54. The molecule has 1 heterocycles. The number of fused-ring (bicyclic) bond motifs is 1. The van der Waals surface area contributed by atoms with E-state index < -0.39 is 0 Å². The van der Waals surface area contributed by atoms with Crippen molar-refractivity contribution in [2.24, 2.45) is 5.92 Å². The van der Waals surface area contributed by atoms with Crippen molar-refractivity contribution in [2.45, 2.75) is 32.5 Å². The Balaban J connectivity index is 2.25. The highest BCUT2D eigenvalue weighted by Gasteiger charge is 2.19. The molecule has 0 aliphatic rings. The lowest BCUT2D eigenvalue weighted by Crippen LogP contribution is -2.26. The van der Waals surface area contributed by atoms with Gasteiger partial charge in [-0.2, -0.15) is 0 Å². The molecule has 0 fully saturated rings. The molecule has 0 saturated heterocycles. The standard InChI is InChI=1S/C14H17BrN2OS/c1-7(2)12(15)13(18)17-14-16-10-5-8(3)9(4)6-11(10)19-14/h5-7,12H,1-4H3,(H,16,17,18)/t12-/m1/s1. The topological polar surface area (TPSA) is 42.0 Å². The van der Waals surface area contributed by atoms with Gasteiger partial charge in [-0.1, -0.05) is 41.1 Å². The fourth-order valence-corrected chi connectivity index (χ4v) is 2.77. The van der Waals surface area contributed by atoms with E-state index in [2.05, 4.69) is 52.2 Å². The van der Waals surface area contributed by atoms with Gasteiger partial charge in [-0.3, -0.25) is 4.79 Å². The third-order valence-electron chi connectivity index (χ3n) is 3.07. The normalized spacial score (nSPS) is 12.9. The minimum Gasteiger partial charge on any atom is -0.301 e. The van der Waals surface area contributed by atoms with Crippen LogP contribution >= 0.6 is 27.3 Å². The number of hydrogen-bond acceptors (Lipinski definition) is 3. The average Bonchev–Trinajstić information content (AvgIpc) is 2.69. The molecule has 1 atom stereocenters. The maximum Gasteiger partial charge on any atom is 0.240 e. The van der Waals surface area contributed by atoms with E-state index in [0.717, 1.165) is 10.2 Å². The molecule has 1 amide bonds. The maximum atomic E-state index is 12.0. The van der Waals surface area contributed by atoms with Gasteiger partial charge < -0.3 is 5.32 Å². The molecule has 2 rings (SSSR count). The van der Waals surface area contributed by atoms with Crippen LogP contribution in [0.5, 0.6) is 0 Å². The Morgan fingerprint density at radius 2 is 1.95 bits per heavy atom. The van der Waals surface area contributed by atoms with Crippen LogP contribution in [0.25, 0.3) is 10.2 Å². The van der Waals surface area contributed by atoms with Crippen molar-refractivity contribution < 1.29 is 4.79 Å². The number of nitrogens with zero attached hydrogens (tertiary/aromatic N) is 1. The predicted molar refractivity (Wildman–Crippen MR) is 85.3 cm³/mol. The molecule has 0 saturated carbocycles. The van der Waals surface area contributed by atoms with E-state index in [1.165, 1.54) is 22.5 Å². The van der Waals surface area contributed by atoms with Gasteiger partial charge in [-0.05, 0) is 43.0 Å². The minimum atomic E-state index is -0.192. The van der Waals surface area contributed by atoms with E-state index >= 15 is 0 Å². The number of aryl methyl sites for hydroxylation is 2. The number of benzene rings is 1. The number of thiazole rings is 1. The summed E-state index contributed by atoms with van der Waals surface area (Å²) in [7, 11) is 0. The van der Waals surface area contributed by atoms with E-state index in [1.54, 1.807) is 0 Å². The number of rotatable bonds is 3. The number of carbonyl (C=O) groups excluding carboxylic acids is 1. The first kappa shape index (κ1) is 14.5. The van der Waals surface area contributed by atoms with Crippen molar-refractivity contribution in [3.05, 3.63) is 23.3 Å². The average molecular weight is 341 g/mol. The SMILES string of the molecule is Cc1cc2nc(NC(=O)[C@H](Br)C(C)C)sc2cc1C. The van der Waals surface area contributed by atoms with Crippen LogP contribution in [0.15, 0.2) is 12.1 Å². The van der Waals surface area contributed by atoms with Gasteiger partial charge in [-0.15, -0.1) is 0 Å². The van der Waals surface area contributed by atoms with Crippen molar-refractivity contribution in [1.29, 1.82) is 0 Å². The number of nitrogens with one attached hydrogen (secondary N) is 1. The summed E-state index contributed by atoms with van der Waals surface area (Å²) in [4.78, 5) is 16.2. The maximum absolute atomic E-state index is 12.0. The number of amides is 1. The van der Waals surface area contributed by atoms with E-state index in [9.17, 15) is 4.79 Å². The Kier molecular flexibility index (Phi) is 4.26. The van der Waals surface area contributed by atoms with Gasteiger partial charge in [0.15, 0.2) is 5.13 Å². The van der Waals surface area contributed by atoms with Crippen molar-refractivity contribution in [1.82, 2.24) is 4.98 Å². The Morgan fingerprint density at radius 1 is 1.32 bits per heavy atom. The molecule has 3 nitrogen and oxygen atoms in total. The third-order valence-corrected chi connectivity index (χ3v) is 5.48. The molecule has 0 bridgehead atoms. The van der Waals surface area contributed by atoms with Gasteiger partial charge in [0.1, 0.15) is 0 Å². The predicted octanol–water partition coefficient (Wildman–Crippen LogP) is 4.27. The molecule has 0 unspecified atom stereocenters. The number of alkyl halides is 1. The summed E-state index contributed by atoms with van der Waals surface area (Å²) in [6.07, 6.45) is 0. The minimum absolute atomic E-state index is 0.0394. The molecule has 0 radical (unpaired) electrons. The fourth-order valence-electron chi connectivity index (χ4n) is 1.71. The molecule has 0 aliphatic heterocycles. The molecule has 1 N–H and O–H groups in total. The summed E-state index contributed by atoms with van der Waals surface area (Å²) in [5.41, 5.74) is 3.41. The first-order valence-electron chi connectivity index (χ1n) is 6.21. The highest BCUT2D eigenvalue weighted by molar-refractivity contribution is 9.10. The second-order valence-electron chi connectivity index (χ2n) is 5.06. The second kappa shape index (κ2) is 5.59. The van der Waals surface area contributed by atoms with E-state index in [1.807, 2.05) is 13.8 Å². The first-order chi connectivity index (χ1) is 8.88. The molecular formula is C14H17BrN2OS. The number of anilines is 1. The van der Waals surface area contributed by atoms with Gasteiger partial charge in [0.2, 0.25) is 5.91 Å². The molecule has 0 spiro atoms. The zero-order valence-corrected chi connectivity index (χ0v) is 13.9. The Bertz CT molecular complexity index is 582.